The summed E-state index contributed by atoms with van der Waals surface area (Å²) >= 11 is 0. The molecule has 9 heteroatoms. The third-order valence-corrected chi connectivity index (χ3v) is 6.42. The fraction of sp³-hybridized carbons (Fsp3) is 0.769. The predicted octanol–water partition coefficient (Wildman–Crippen LogP) is 2.36. The van der Waals surface area contributed by atoms with Crippen LogP contribution in [0.1, 0.15) is 38.2 Å². The molecular formula is C13H20F3N3O2S. The fourth-order valence-electron chi connectivity index (χ4n) is 2.60. The molecule has 1 fully saturated rings. The van der Waals surface area contributed by atoms with Crippen LogP contribution in [0.25, 0.3) is 0 Å². The lowest BCUT2D eigenvalue weighted by Gasteiger charge is -2.33. The van der Waals surface area contributed by atoms with E-state index in [1.165, 1.54) is 0 Å². The summed E-state index contributed by atoms with van der Waals surface area (Å²) in [4.78, 5) is 0. The zero-order valence-corrected chi connectivity index (χ0v) is 13.4. The SMILES string of the molecule is CCn1cc(C2CCN(S(=O)(=O)[C@@H](C)C(F)(F)F)CC2)cn1. The highest BCUT2D eigenvalue weighted by molar-refractivity contribution is 7.89. The maximum atomic E-state index is 12.7. The number of aromatic nitrogens is 2. The second-order valence-corrected chi connectivity index (χ2v) is 7.78. The van der Waals surface area contributed by atoms with Crippen molar-refractivity contribution in [1.82, 2.24) is 14.1 Å². The standard InChI is InChI=1S/C13H20F3N3O2S/c1-3-18-9-12(8-17-18)11-4-6-19(7-5-11)22(20,21)10(2)13(14,15)16/h8-11H,3-7H2,1-2H3/t10-/m0/s1. The molecule has 1 atom stereocenters. The Labute approximate surface area is 128 Å². The Bertz CT molecular complexity index is 604. The van der Waals surface area contributed by atoms with Crippen LogP contribution in [-0.4, -0.2) is 47.0 Å². The largest absolute Gasteiger partial charge is 0.406 e. The number of nitrogens with zero attached hydrogens (tertiary/aromatic N) is 3. The van der Waals surface area contributed by atoms with E-state index in [0.29, 0.717) is 19.8 Å². The summed E-state index contributed by atoms with van der Waals surface area (Å²) in [6.45, 7) is 3.64. The normalized spacial score (nSPS) is 20.2. The number of piperidine rings is 1. The lowest BCUT2D eigenvalue weighted by molar-refractivity contribution is -0.127. The summed E-state index contributed by atoms with van der Waals surface area (Å²) in [5.74, 6) is 0.146. The third-order valence-electron chi connectivity index (χ3n) is 4.17. The molecule has 126 valence electrons. The van der Waals surface area contributed by atoms with Gasteiger partial charge in [0.05, 0.1) is 6.20 Å². The molecule has 0 bridgehead atoms. The van der Waals surface area contributed by atoms with Gasteiger partial charge in [-0.1, -0.05) is 0 Å². The first-order valence-electron chi connectivity index (χ1n) is 7.24. The molecule has 1 saturated heterocycles. The van der Waals surface area contributed by atoms with Crippen LogP contribution in [0.2, 0.25) is 0 Å². The highest BCUT2D eigenvalue weighted by Gasteiger charge is 2.48. The number of halogens is 3. The first kappa shape index (κ1) is 17.3. The quantitative estimate of drug-likeness (QED) is 0.846. The zero-order chi connectivity index (χ0) is 16.5. The molecule has 1 aromatic heterocycles. The van der Waals surface area contributed by atoms with E-state index < -0.39 is 21.4 Å². The first-order chi connectivity index (χ1) is 10.2. The van der Waals surface area contributed by atoms with Crippen molar-refractivity contribution in [2.45, 2.75) is 50.6 Å². The number of alkyl halides is 3. The third kappa shape index (κ3) is 3.45. The van der Waals surface area contributed by atoms with Gasteiger partial charge in [0.2, 0.25) is 10.0 Å². The molecule has 0 aromatic carbocycles. The maximum absolute atomic E-state index is 12.7. The van der Waals surface area contributed by atoms with Gasteiger partial charge in [0, 0.05) is 25.8 Å². The van der Waals surface area contributed by atoms with Gasteiger partial charge in [0.25, 0.3) is 0 Å². The Kier molecular flexibility index (Phi) is 4.86. The molecular weight excluding hydrogens is 319 g/mol. The van der Waals surface area contributed by atoms with Crippen molar-refractivity contribution in [2.75, 3.05) is 13.1 Å². The van der Waals surface area contributed by atoms with E-state index in [1.807, 2.05) is 13.1 Å². The summed E-state index contributed by atoms with van der Waals surface area (Å²) in [5.41, 5.74) is 1.02. The minimum Gasteiger partial charge on any atom is -0.273 e. The minimum absolute atomic E-state index is 0.116. The zero-order valence-electron chi connectivity index (χ0n) is 12.5. The summed E-state index contributed by atoms with van der Waals surface area (Å²) in [5, 5.41) is 1.81. The molecule has 0 unspecified atom stereocenters. The Hall–Kier alpha value is -1.09. The van der Waals surface area contributed by atoms with Crippen LogP contribution in [0.4, 0.5) is 13.2 Å². The highest BCUT2D eigenvalue weighted by Crippen LogP contribution is 2.33. The van der Waals surface area contributed by atoms with E-state index in [0.717, 1.165) is 16.4 Å². The number of hydrogen-bond donors (Lipinski definition) is 0. The van der Waals surface area contributed by atoms with Gasteiger partial charge in [0.15, 0.2) is 5.25 Å². The molecule has 0 amide bonds. The molecule has 1 aliphatic rings. The summed E-state index contributed by atoms with van der Waals surface area (Å²) in [7, 11) is -4.34. The Morgan fingerprint density at radius 1 is 1.36 bits per heavy atom. The van der Waals surface area contributed by atoms with E-state index in [9.17, 15) is 21.6 Å². The van der Waals surface area contributed by atoms with E-state index in [4.69, 9.17) is 0 Å². The van der Waals surface area contributed by atoms with Gasteiger partial charge in [-0.05, 0) is 38.2 Å². The lowest BCUT2D eigenvalue weighted by Crippen LogP contribution is -2.47. The second-order valence-electron chi connectivity index (χ2n) is 5.53. The monoisotopic (exact) mass is 339 g/mol. The molecule has 1 aromatic rings. The van der Waals surface area contributed by atoms with E-state index in [-0.39, 0.29) is 19.0 Å². The molecule has 0 radical (unpaired) electrons. The molecule has 2 heterocycles. The van der Waals surface area contributed by atoms with Crippen LogP contribution in [0.3, 0.4) is 0 Å². The van der Waals surface area contributed by atoms with Crippen molar-refractivity contribution in [1.29, 1.82) is 0 Å². The van der Waals surface area contributed by atoms with Crippen molar-refractivity contribution < 1.29 is 21.6 Å². The van der Waals surface area contributed by atoms with Gasteiger partial charge in [-0.25, -0.2) is 12.7 Å². The lowest BCUT2D eigenvalue weighted by atomic mass is 9.93. The molecule has 1 aliphatic heterocycles. The number of hydrogen-bond acceptors (Lipinski definition) is 3. The van der Waals surface area contributed by atoms with Crippen molar-refractivity contribution in [2.24, 2.45) is 0 Å². The first-order valence-corrected chi connectivity index (χ1v) is 8.74. The minimum atomic E-state index is -4.74. The number of rotatable bonds is 4. The van der Waals surface area contributed by atoms with Gasteiger partial charge in [-0.2, -0.15) is 18.3 Å². The fourth-order valence-corrected chi connectivity index (χ4v) is 4.10. The number of aryl methyl sites for hydroxylation is 1. The molecule has 2 rings (SSSR count). The average molecular weight is 339 g/mol. The van der Waals surface area contributed by atoms with Crippen molar-refractivity contribution in [3.8, 4) is 0 Å². The molecule has 0 spiro atoms. The van der Waals surface area contributed by atoms with Crippen LogP contribution >= 0.6 is 0 Å². The molecule has 22 heavy (non-hydrogen) atoms. The summed E-state index contributed by atoms with van der Waals surface area (Å²) in [6, 6.07) is 0. The Balaban J connectivity index is 2.02. The van der Waals surface area contributed by atoms with Crippen molar-refractivity contribution >= 4 is 10.0 Å². The highest BCUT2D eigenvalue weighted by atomic mass is 32.2. The van der Waals surface area contributed by atoms with Gasteiger partial charge >= 0.3 is 6.18 Å². The Morgan fingerprint density at radius 2 is 1.95 bits per heavy atom. The molecule has 0 aliphatic carbocycles. The summed E-state index contributed by atoms with van der Waals surface area (Å²) in [6.07, 6.45) is -0.0553. The van der Waals surface area contributed by atoms with Gasteiger partial charge in [-0.15, -0.1) is 0 Å². The number of sulfonamides is 1. The van der Waals surface area contributed by atoms with Crippen LogP contribution in [0.5, 0.6) is 0 Å². The van der Waals surface area contributed by atoms with Gasteiger partial charge < -0.3 is 0 Å². The smallest absolute Gasteiger partial charge is 0.273 e. The summed E-state index contributed by atoms with van der Waals surface area (Å²) < 4.78 is 64.8. The van der Waals surface area contributed by atoms with Crippen LogP contribution in [0, 0.1) is 0 Å². The van der Waals surface area contributed by atoms with E-state index >= 15 is 0 Å². The maximum Gasteiger partial charge on any atom is 0.406 e. The predicted molar refractivity (Wildman–Crippen MR) is 75.9 cm³/mol. The van der Waals surface area contributed by atoms with Crippen LogP contribution < -0.4 is 0 Å². The van der Waals surface area contributed by atoms with Crippen molar-refractivity contribution in [3.63, 3.8) is 0 Å². The van der Waals surface area contributed by atoms with E-state index in [2.05, 4.69) is 5.10 Å². The van der Waals surface area contributed by atoms with Crippen LogP contribution in [0.15, 0.2) is 12.4 Å². The van der Waals surface area contributed by atoms with E-state index in [1.54, 1.807) is 10.9 Å². The Morgan fingerprint density at radius 3 is 2.41 bits per heavy atom. The average Bonchev–Trinajstić information content (AvgIpc) is 2.94. The van der Waals surface area contributed by atoms with Gasteiger partial charge in [0.1, 0.15) is 0 Å². The second kappa shape index (κ2) is 6.19. The van der Waals surface area contributed by atoms with Crippen molar-refractivity contribution in [3.05, 3.63) is 18.0 Å². The molecule has 5 nitrogen and oxygen atoms in total. The van der Waals surface area contributed by atoms with Gasteiger partial charge in [-0.3, -0.25) is 4.68 Å². The molecule has 0 saturated carbocycles. The topological polar surface area (TPSA) is 55.2 Å². The van der Waals surface area contributed by atoms with Crippen LogP contribution in [-0.2, 0) is 16.6 Å². The molecule has 0 N–H and O–H groups in total.